The standard InChI is InChI=1S/C10H13N3O4/c1-13(6-9(14)16-2)8-5-4-7(11-12-8)10(15)17-3/h4-5H,6H2,1-3H3. The number of nitrogens with zero attached hydrogens (tertiary/aromatic N) is 3. The predicted octanol–water partition coefficient (Wildman–Crippen LogP) is -0.128. The van der Waals surface area contributed by atoms with E-state index in [0.717, 1.165) is 0 Å². The van der Waals surface area contributed by atoms with Crippen LogP contribution in [0.15, 0.2) is 12.1 Å². The maximum atomic E-state index is 11.1. The maximum Gasteiger partial charge on any atom is 0.358 e. The summed E-state index contributed by atoms with van der Waals surface area (Å²) >= 11 is 0. The molecule has 0 fully saturated rings. The molecule has 0 amide bonds. The molecular weight excluding hydrogens is 226 g/mol. The Morgan fingerprint density at radius 3 is 2.41 bits per heavy atom. The molecule has 1 aromatic rings. The molecule has 0 unspecified atom stereocenters. The van der Waals surface area contributed by atoms with Crippen molar-refractivity contribution >= 4 is 17.8 Å². The van der Waals surface area contributed by atoms with Gasteiger partial charge >= 0.3 is 11.9 Å². The Hall–Kier alpha value is -2.18. The molecule has 1 rings (SSSR count). The van der Waals surface area contributed by atoms with Gasteiger partial charge in [-0.2, -0.15) is 0 Å². The Labute approximate surface area is 98.3 Å². The highest BCUT2D eigenvalue weighted by Crippen LogP contribution is 2.07. The van der Waals surface area contributed by atoms with Gasteiger partial charge in [0, 0.05) is 7.05 Å². The van der Waals surface area contributed by atoms with Crippen LogP contribution >= 0.6 is 0 Å². The van der Waals surface area contributed by atoms with Crippen molar-refractivity contribution in [2.45, 2.75) is 0 Å². The Kier molecular flexibility index (Phi) is 4.38. The molecule has 0 aromatic carbocycles. The number of aromatic nitrogens is 2. The highest BCUT2D eigenvalue weighted by molar-refractivity contribution is 5.87. The maximum absolute atomic E-state index is 11.1. The average molecular weight is 239 g/mol. The van der Waals surface area contributed by atoms with E-state index in [0.29, 0.717) is 5.82 Å². The van der Waals surface area contributed by atoms with Gasteiger partial charge in [-0.1, -0.05) is 0 Å². The smallest absolute Gasteiger partial charge is 0.358 e. The topological polar surface area (TPSA) is 81.6 Å². The fraction of sp³-hybridized carbons (Fsp3) is 0.400. The molecule has 0 bridgehead atoms. The lowest BCUT2D eigenvalue weighted by atomic mass is 10.4. The molecule has 0 saturated carbocycles. The summed E-state index contributed by atoms with van der Waals surface area (Å²) in [5.74, 6) is -0.478. The van der Waals surface area contributed by atoms with Crippen LogP contribution in [0.1, 0.15) is 10.5 Å². The number of hydrogen-bond acceptors (Lipinski definition) is 7. The molecule has 1 heterocycles. The first kappa shape index (κ1) is 12.9. The fourth-order valence-electron chi connectivity index (χ4n) is 1.08. The predicted molar refractivity (Wildman–Crippen MR) is 58.7 cm³/mol. The first-order valence-corrected chi connectivity index (χ1v) is 4.78. The van der Waals surface area contributed by atoms with E-state index in [1.54, 1.807) is 18.0 Å². The van der Waals surface area contributed by atoms with Gasteiger partial charge in [-0.05, 0) is 12.1 Å². The van der Waals surface area contributed by atoms with Crippen LogP contribution in [0.25, 0.3) is 0 Å². The monoisotopic (exact) mass is 239 g/mol. The zero-order valence-electron chi connectivity index (χ0n) is 9.84. The Bertz CT molecular complexity index is 405. The lowest BCUT2D eigenvalue weighted by molar-refractivity contribution is -0.138. The van der Waals surface area contributed by atoms with E-state index in [-0.39, 0.29) is 18.2 Å². The SMILES string of the molecule is COC(=O)CN(C)c1ccc(C(=O)OC)nn1. The summed E-state index contributed by atoms with van der Waals surface area (Å²) in [5, 5.41) is 7.49. The van der Waals surface area contributed by atoms with Crippen molar-refractivity contribution in [2.75, 3.05) is 32.7 Å². The lowest BCUT2D eigenvalue weighted by Gasteiger charge is -2.15. The molecule has 0 atom stereocenters. The number of likely N-dealkylation sites (N-methyl/N-ethyl adjacent to an activating group) is 1. The van der Waals surface area contributed by atoms with Crippen LogP contribution in [-0.4, -0.2) is 49.9 Å². The van der Waals surface area contributed by atoms with Crippen molar-refractivity contribution < 1.29 is 19.1 Å². The van der Waals surface area contributed by atoms with E-state index < -0.39 is 5.97 Å². The Morgan fingerprint density at radius 2 is 1.94 bits per heavy atom. The van der Waals surface area contributed by atoms with Gasteiger partial charge in [0.1, 0.15) is 6.54 Å². The van der Waals surface area contributed by atoms with E-state index in [9.17, 15) is 9.59 Å². The van der Waals surface area contributed by atoms with Crippen molar-refractivity contribution in [1.29, 1.82) is 0 Å². The van der Waals surface area contributed by atoms with Crippen LogP contribution < -0.4 is 4.90 Å². The molecule has 0 saturated heterocycles. The van der Waals surface area contributed by atoms with E-state index in [1.165, 1.54) is 20.3 Å². The highest BCUT2D eigenvalue weighted by Gasteiger charge is 2.11. The number of hydrogen-bond donors (Lipinski definition) is 0. The van der Waals surface area contributed by atoms with Crippen molar-refractivity contribution in [3.8, 4) is 0 Å². The summed E-state index contributed by atoms with van der Waals surface area (Å²) in [4.78, 5) is 23.7. The second-order valence-corrected chi connectivity index (χ2v) is 3.20. The van der Waals surface area contributed by atoms with Crippen LogP contribution in [-0.2, 0) is 14.3 Å². The number of anilines is 1. The van der Waals surface area contributed by atoms with E-state index in [2.05, 4.69) is 19.7 Å². The number of esters is 2. The van der Waals surface area contributed by atoms with Crippen molar-refractivity contribution in [1.82, 2.24) is 10.2 Å². The zero-order valence-corrected chi connectivity index (χ0v) is 9.84. The van der Waals surface area contributed by atoms with Crippen molar-refractivity contribution in [3.05, 3.63) is 17.8 Å². The van der Waals surface area contributed by atoms with E-state index in [1.807, 2.05) is 0 Å². The fourth-order valence-corrected chi connectivity index (χ4v) is 1.08. The van der Waals surface area contributed by atoms with Gasteiger partial charge in [-0.25, -0.2) is 4.79 Å². The first-order valence-electron chi connectivity index (χ1n) is 4.78. The van der Waals surface area contributed by atoms with Crippen LogP contribution in [0.5, 0.6) is 0 Å². The quantitative estimate of drug-likeness (QED) is 0.677. The molecule has 7 heteroatoms. The molecule has 17 heavy (non-hydrogen) atoms. The van der Waals surface area contributed by atoms with Gasteiger partial charge in [0.25, 0.3) is 0 Å². The van der Waals surface area contributed by atoms with Gasteiger partial charge in [-0.15, -0.1) is 10.2 Å². The minimum Gasteiger partial charge on any atom is -0.468 e. The minimum absolute atomic E-state index is 0.0583. The third-order valence-electron chi connectivity index (χ3n) is 2.03. The van der Waals surface area contributed by atoms with Gasteiger partial charge < -0.3 is 14.4 Å². The summed E-state index contributed by atoms with van der Waals surface area (Å²) in [5.41, 5.74) is 0.114. The number of methoxy groups -OCH3 is 2. The molecule has 0 aliphatic heterocycles. The van der Waals surface area contributed by atoms with Crippen molar-refractivity contribution in [2.24, 2.45) is 0 Å². The van der Waals surface area contributed by atoms with Crippen LogP contribution in [0, 0.1) is 0 Å². The largest absolute Gasteiger partial charge is 0.468 e. The molecule has 0 N–H and O–H groups in total. The average Bonchev–Trinajstić information content (AvgIpc) is 2.37. The molecule has 7 nitrogen and oxygen atoms in total. The van der Waals surface area contributed by atoms with Crippen LogP contribution in [0.2, 0.25) is 0 Å². The number of ether oxygens (including phenoxy) is 2. The molecule has 0 aliphatic rings. The van der Waals surface area contributed by atoms with Crippen LogP contribution in [0.4, 0.5) is 5.82 Å². The van der Waals surface area contributed by atoms with E-state index >= 15 is 0 Å². The number of carbonyl (C=O) groups excluding carboxylic acids is 2. The van der Waals surface area contributed by atoms with Gasteiger partial charge in [0.2, 0.25) is 0 Å². The second-order valence-electron chi connectivity index (χ2n) is 3.20. The zero-order chi connectivity index (χ0) is 12.8. The molecule has 0 spiro atoms. The van der Waals surface area contributed by atoms with Gasteiger partial charge in [0.05, 0.1) is 14.2 Å². The second kappa shape index (κ2) is 5.78. The van der Waals surface area contributed by atoms with Crippen molar-refractivity contribution in [3.63, 3.8) is 0 Å². The third-order valence-corrected chi connectivity index (χ3v) is 2.03. The minimum atomic E-state index is -0.556. The van der Waals surface area contributed by atoms with Gasteiger partial charge in [-0.3, -0.25) is 4.79 Å². The Balaban J connectivity index is 2.73. The third kappa shape index (κ3) is 3.40. The Morgan fingerprint density at radius 1 is 1.24 bits per heavy atom. The van der Waals surface area contributed by atoms with Gasteiger partial charge in [0.15, 0.2) is 11.5 Å². The summed E-state index contributed by atoms with van der Waals surface area (Å²) in [7, 11) is 4.24. The molecule has 92 valence electrons. The summed E-state index contributed by atoms with van der Waals surface area (Å²) in [6.45, 7) is 0.0583. The lowest BCUT2D eigenvalue weighted by Crippen LogP contribution is -2.27. The van der Waals surface area contributed by atoms with Crippen LogP contribution in [0.3, 0.4) is 0 Å². The molecule has 1 aromatic heterocycles. The molecular formula is C10H13N3O4. The highest BCUT2D eigenvalue weighted by atomic mass is 16.5. The van der Waals surface area contributed by atoms with E-state index in [4.69, 9.17) is 0 Å². The molecule has 0 radical (unpaired) electrons. The first-order chi connectivity index (χ1) is 8.08. The number of rotatable bonds is 4. The summed E-state index contributed by atoms with van der Waals surface area (Å²) in [6, 6.07) is 3.05. The number of carbonyl (C=O) groups is 2. The molecule has 0 aliphatic carbocycles. The summed E-state index contributed by atoms with van der Waals surface area (Å²) < 4.78 is 9.01. The normalized spacial score (nSPS) is 9.59. The summed E-state index contributed by atoms with van der Waals surface area (Å²) in [6.07, 6.45) is 0.